The minimum absolute atomic E-state index is 0.107. The number of likely N-dealkylation sites (tertiary alicyclic amines) is 1. The molecule has 0 spiro atoms. The van der Waals surface area contributed by atoms with Gasteiger partial charge in [0.2, 0.25) is 17.7 Å². The van der Waals surface area contributed by atoms with E-state index in [1.807, 2.05) is 19.1 Å². The van der Waals surface area contributed by atoms with Crippen molar-refractivity contribution >= 4 is 35.0 Å². The van der Waals surface area contributed by atoms with Crippen molar-refractivity contribution in [1.82, 2.24) is 4.90 Å². The van der Waals surface area contributed by atoms with Gasteiger partial charge in [-0.15, -0.1) is 0 Å². The van der Waals surface area contributed by atoms with E-state index in [4.69, 9.17) is 16.3 Å². The first kappa shape index (κ1) is 19.4. The number of hydrogen-bond acceptors (Lipinski definition) is 4. The van der Waals surface area contributed by atoms with Crippen molar-refractivity contribution in [2.24, 2.45) is 11.8 Å². The van der Waals surface area contributed by atoms with Gasteiger partial charge in [0.05, 0.1) is 24.6 Å². The Hall–Kier alpha value is -2.34. The van der Waals surface area contributed by atoms with Crippen molar-refractivity contribution in [3.05, 3.63) is 34.9 Å². The van der Waals surface area contributed by atoms with Crippen LogP contribution in [0.1, 0.15) is 31.2 Å². The van der Waals surface area contributed by atoms with E-state index in [1.165, 1.54) is 12.0 Å². The summed E-state index contributed by atoms with van der Waals surface area (Å²) in [6, 6.07) is 3.41. The van der Waals surface area contributed by atoms with Gasteiger partial charge in [-0.1, -0.05) is 23.8 Å². The molecular weight excluding hydrogens is 368 g/mol. The molecule has 1 aromatic rings. The van der Waals surface area contributed by atoms with E-state index in [9.17, 15) is 14.4 Å². The number of nitrogens with zero attached hydrogens (tertiary/aromatic N) is 1. The van der Waals surface area contributed by atoms with E-state index in [0.29, 0.717) is 35.7 Å². The van der Waals surface area contributed by atoms with Gasteiger partial charge in [-0.25, -0.2) is 0 Å². The fraction of sp³-hybridized carbons (Fsp3) is 0.450. The Morgan fingerprint density at radius 1 is 1.22 bits per heavy atom. The van der Waals surface area contributed by atoms with Gasteiger partial charge in [0, 0.05) is 24.1 Å². The lowest BCUT2D eigenvalue weighted by atomic mass is 9.85. The third-order valence-electron chi connectivity index (χ3n) is 5.14. The number of imide groups is 1. The maximum Gasteiger partial charge on any atom is 0.233 e. The summed E-state index contributed by atoms with van der Waals surface area (Å²) in [4.78, 5) is 38.4. The van der Waals surface area contributed by atoms with Crippen molar-refractivity contribution in [3.63, 3.8) is 0 Å². The Morgan fingerprint density at radius 2 is 1.85 bits per heavy atom. The molecule has 27 heavy (non-hydrogen) atoms. The van der Waals surface area contributed by atoms with E-state index in [0.717, 1.165) is 5.56 Å². The predicted molar refractivity (Wildman–Crippen MR) is 103 cm³/mol. The lowest BCUT2D eigenvalue weighted by Gasteiger charge is -2.15. The monoisotopic (exact) mass is 390 g/mol. The average Bonchev–Trinajstić information content (AvgIpc) is 2.89. The summed E-state index contributed by atoms with van der Waals surface area (Å²) < 4.78 is 5.25. The van der Waals surface area contributed by atoms with Crippen molar-refractivity contribution in [2.45, 2.75) is 32.6 Å². The summed E-state index contributed by atoms with van der Waals surface area (Å²) in [7, 11) is 1.51. The number of ether oxygens (including phenoxy) is 1. The molecule has 1 aromatic carbocycles. The maximum absolute atomic E-state index is 12.4. The van der Waals surface area contributed by atoms with Gasteiger partial charge >= 0.3 is 0 Å². The largest absolute Gasteiger partial charge is 0.495 e. The number of rotatable bonds is 6. The van der Waals surface area contributed by atoms with Crippen molar-refractivity contribution in [1.29, 1.82) is 0 Å². The number of anilines is 1. The Kier molecular flexibility index (Phi) is 5.85. The summed E-state index contributed by atoms with van der Waals surface area (Å²) in [5.74, 6) is -0.376. The number of benzene rings is 1. The van der Waals surface area contributed by atoms with Gasteiger partial charge in [-0.3, -0.25) is 19.3 Å². The minimum atomic E-state index is -0.224. The highest BCUT2D eigenvalue weighted by molar-refractivity contribution is 6.31. The van der Waals surface area contributed by atoms with E-state index < -0.39 is 0 Å². The molecule has 3 amide bonds. The highest BCUT2D eigenvalue weighted by Gasteiger charge is 2.46. The van der Waals surface area contributed by atoms with Crippen molar-refractivity contribution < 1.29 is 19.1 Å². The Labute approximate surface area is 163 Å². The third-order valence-corrected chi connectivity index (χ3v) is 5.55. The van der Waals surface area contributed by atoms with Crippen LogP contribution in [0, 0.1) is 18.8 Å². The molecule has 1 fully saturated rings. The number of amides is 3. The quantitative estimate of drug-likeness (QED) is 0.597. The lowest BCUT2D eigenvalue weighted by molar-refractivity contribution is -0.140. The summed E-state index contributed by atoms with van der Waals surface area (Å²) in [5.41, 5.74) is 1.38. The summed E-state index contributed by atoms with van der Waals surface area (Å²) >= 11 is 6.07. The molecule has 0 radical (unpaired) electrons. The number of carbonyl (C=O) groups is 3. The van der Waals surface area contributed by atoms with Gasteiger partial charge in [0.1, 0.15) is 5.75 Å². The Balaban J connectivity index is 1.54. The SMILES string of the molecule is COc1cc(Cl)c(C)cc1NC(=O)CCCN1C(=O)[C@H]2CC=CC[C@@H]2C1=O. The molecule has 1 heterocycles. The summed E-state index contributed by atoms with van der Waals surface area (Å²) in [5, 5.41) is 3.37. The first-order valence-electron chi connectivity index (χ1n) is 9.06. The van der Waals surface area contributed by atoms with E-state index in [2.05, 4.69) is 5.32 Å². The molecule has 0 saturated carbocycles. The number of fused-ring (bicyclic) bond motifs is 1. The number of carbonyl (C=O) groups excluding carboxylic acids is 3. The second-order valence-corrected chi connectivity index (χ2v) is 7.34. The normalized spacial score (nSPS) is 21.4. The van der Waals surface area contributed by atoms with Crippen LogP contribution in [0.5, 0.6) is 5.75 Å². The molecule has 2 aliphatic rings. The van der Waals surface area contributed by atoms with Crippen LogP contribution in [0.2, 0.25) is 5.02 Å². The molecule has 1 aliphatic carbocycles. The fourth-order valence-corrected chi connectivity index (χ4v) is 3.78. The summed E-state index contributed by atoms with van der Waals surface area (Å²) in [6.45, 7) is 2.12. The van der Waals surface area contributed by atoms with E-state index in [1.54, 1.807) is 12.1 Å². The highest BCUT2D eigenvalue weighted by atomic mass is 35.5. The molecule has 7 heteroatoms. The van der Waals surface area contributed by atoms with Crippen LogP contribution in [0.25, 0.3) is 0 Å². The smallest absolute Gasteiger partial charge is 0.233 e. The molecular formula is C20H23ClN2O4. The van der Waals surface area contributed by atoms with Crippen LogP contribution < -0.4 is 10.1 Å². The topological polar surface area (TPSA) is 75.7 Å². The molecule has 0 bridgehead atoms. The Morgan fingerprint density at radius 3 is 2.44 bits per heavy atom. The molecule has 0 aromatic heterocycles. The predicted octanol–water partition coefficient (Wildman–Crippen LogP) is 3.33. The molecule has 1 N–H and O–H groups in total. The maximum atomic E-state index is 12.4. The molecule has 2 atom stereocenters. The van der Waals surface area contributed by atoms with Crippen LogP contribution in [0.4, 0.5) is 5.69 Å². The van der Waals surface area contributed by atoms with E-state index >= 15 is 0 Å². The number of methoxy groups -OCH3 is 1. The van der Waals surface area contributed by atoms with Crippen LogP contribution >= 0.6 is 11.6 Å². The summed E-state index contributed by atoms with van der Waals surface area (Å²) in [6.07, 6.45) is 5.81. The number of hydrogen-bond donors (Lipinski definition) is 1. The van der Waals surface area contributed by atoms with Gasteiger partial charge < -0.3 is 10.1 Å². The number of allylic oxidation sites excluding steroid dienone is 2. The first-order chi connectivity index (χ1) is 12.9. The molecule has 1 aliphatic heterocycles. The highest BCUT2D eigenvalue weighted by Crippen LogP contribution is 2.35. The average molecular weight is 391 g/mol. The van der Waals surface area contributed by atoms with Gasteiger partial charge in [0.15, 0.2) is 0 Å². The fourth-order valence-electron chi connectivity index (χ4n) is 3.63. The van der Waals surface area contributed by atoms with Gasteiger partial charge in [0.25, 0.3) is 0 Å². The number of nitrogens with one attached hydrogen (secondary N) is 1. The van der Waals surface area contributed by atoms with Crippen LogP contribution in [0.15, 0.2) is 24.3 Å². The second-order valence-electron chi connectivity index (χ2n) is 6.94. The zero-order valence-electron chi connectivity index (χ0n) is 15.5. The van der Waals surface area contributed by atoms with E-state index in [-0.39, 0.29) is 42.5 Å². The van der Waals surface area contributed by atoms with Crippen molar-refractivity contribution in [3.8, 4) is 5.75 Å². The first-order valence-corrected chi connectivity index (χ1v) is 9.44. The third kappa shape index (κ3) is 4.00. The van der Waals surface area contributed by atoms with Crippen LogP contribution in [-0.2, 0) is 14.4 Å². The van der Waals surface area contributed by atoms with Crippen molar-refractivity contribution in [2.75, 3.05) is 19.0 Å². The molecule has 144 valence electrons. The lowest BCUT2D eigenvalue weighted by Crippen LogP contribution is -2.32. The minimum Gasteiger partial charge on any atom is -0.495 e. The van der Waals surface area contributed by atoms with Crippen LogP contribution in [0.3, 0.4) is 0 Å². The zero-order valence-corrected chi connectivity index (χ0v) is 16.2. The zero-order chi connectivity index (χ0) is 19.6. The number of halogens is 1. The van der Waals surface area contributed by atoms with Crippen LogP contribution in [-0.4, -0.2) is 36.3 Å². The van der Waals surface area contributed by atoms with Gasteiger partial charge in [-0.05, 0) is 37.8 Å². The van der Waals surface area contributed by atoms with Gasteiger partial charge in [-0.2, -0.15) is 0 Å². The number of aryl methyl sites for hydroxylation is 1. The second kappa shape index (κ2) is 8.13. The molecule has 0 unspecified atom stereocenters. The molecule has 1 saturated heterocycles. The molecule has 6 nitrogen and oxygen atoms in total. The molecule has 3 rings (SSSR count). The standard InChI is InChI=1S/C20H23ClN2O4/c1-12-10-16(17(27-2)11-15(12)21)22-18(24)8-5-9-23-19(25)13-6-3-4-7-14(13)20(23)26/h3-4,10-11,13-14H,5-9H2,1-2H3,(H,22,24)/t13-,14-/m0/s1. The Bertz CT molecular complexity index is 779.